The third-order valence-electron chi connectivity index (χ3n) is 4.82. The van der Waals surface area contributed by atoms with E-state index in [1.54, 1.807) is 16.8 Å². The molecule has 0 aromatic heterocycles. The number of amides is 2. The zero-order valence-electron chi connectivity index (χ0n) is 15.4. The van der Waals surface area contributed by atoms with Crippen molar-refractivity contribution in [2.75, 3.05) is 43.0 Å². The molecule has 5 heteroatoms. The number of nitrogens with zero attached hydrogens (tertiary/aromatic N) is 3. The monoisotopic (exact) mass is 351 g/mol. The normalized spacial score (nSPS) is 14.2. The van der Waals surface area contributed by atoms with E-state index in [9.17, 15) is 9.59 Å². The van der Waals surface area contributed by atoms with Gasteiger partial charge in [0, 0.05) is 44.6 Å². The van der Waals surface area contributed by atoms with Crippen molar-refractivity contribution in [3.63, 3.8) is 0 Å². The number of rotatable bonds is 4. The molecular formula is C21H25N3O2. The molecular weight excluding hydrogens is 326 g/mol. The summed E-state index contributed by atoms with van der Waals surface area (Å²) in [7, 11) is 1.71. The van der Waals surface area contributed by atoms with Crippen LogP contribution in [0.3, 0.4) is 0 Å². The number of benzene rings is 2. The topological polar surface area (TPSA) is 43.9 Å². The summed E-state index contributed by atoms with van der Waals surface area (Å²) in [5.74, 6) is -0.274. The molecule has 2 amide bonds. The summed E-state index contributed by atoms with van der Waals surface area (Å²) in [6.07, 6.45) is -0.0875. The SMILES string of the molecule is Cc1cccc(N2CCN(C(=O)CC(=O)N(C)c3ccccc3)CC2)c1. The maximum absolute atomic E-state index is 12.5. The highest BCUT2D eigenvalue weighted by atomic mass is 16.2. The molecule has 0 atom stereocenters. The van der Waals surface area contributed by atoms with Gasteiger partial charge in [-0.05, 0) is 36.8 Å². The Bertz CT molecular complexity index is 768. The Hall–Kier alpha value is -2.82. The molecule has 26 heavy (non-hydrogen) atoms. The van der Waals surface area contributed by atoms with Gasteiger partial charge in [-0.2, -0.15) is 0 Å². The summed E-state index contributed by atoms with van der Waals surface area (Å²) in [6, 6.07) is 17.8. The van der Waals surface area contributed by atoms with E-state index in [1.165, 1.54) is 11.3 Å². The molecule has 2 aromatic carbocycles. The van der Waals surface area contributed by atoms with Crippen molar-refractivity contribution in [3.05, 3.63) is 60.2 Å². The molecule has 1 heterocycles. The minimum atomic E-state index is -0.178. The van der Waals surface area contributed by atoms with Gasteiger partial charge in [-0.1, -0.05) is 30.3 Å². The van der Waals surface area contributed by atoms with Crippen molar-refractivity contribution in [2.45, 2.75) is 13.3 Å². The number of anilines is 2. The molecule has 3 rings (SSSR count). The van der Waals surface area contributed by atoms with Crippen LogP contribution in [-0.2, 0) is 9.59 Å². The zero-order valence-corrected chi connectivity index (χ0v) is 15.4. The van der Waals surface area contributed by atoms with Gasteiger partial charge in [-0.3, -0.25) is 9.59 Å². The Morgan fingerprint density at radius 2 is 1.65 bits per heavy atom. The zero-order chi connectivity index (χ0) is 18.5. The minimum Gasteiger partial charge on any atom is -0.368 e. The highest BCUT2D eigenvalue weighted by molar-refractivity contribution is 6.04. The van der Waals surface area contributed by atoms with Gasteiger partial charge < -0.3 is 14.7 Å². The first-order valence-electron chi connectivity index (χ1n) is 8.95. The lowest BCUT2D eigenvalue weighted by Crippen LogP contribution is -2.49. The van der Waals surface area contributed by atoms with Crippen LogP contribution in [0.2, 0.25) is 0 Å². The van der Waals surface area contributed by atoms with Crippen LogP contribution in [0.5, 0.6) is 0 Å². The van der Waals surface area contributed by atoms with Gasteiger partial charge in [0.1, 0.15) is 6.42 Å². The lowest BCUT2D eigenvalue weighted by molar-refractivity contribution is -0.135. The summed E-state index contributed by atoms with van der Waals surface area (Å²) in [6.45, 7) is 4.96. The summed E-state index contributed by atoms with van der Waals surface area (Å²) >= 11 is 0. The summed E-state index contributed by atoms with van der Waals surface area (Å²) in [5, 5.41) is 0. The van der Waals surface area contributed by atoms with Crippen molar-refractivity contribution < 1.29 is 9.59 Å². The minimum absolute atomic E-state index is 0.0875. The molecule has 0 spiro atoms. The summed E-state index contributed by atoms with van der Waals surface area (Å²) in [5.41, 5.74) is 3.22. The Kier molecular flexibility index (Phi) is 5.56. The number of aryl methyl sites for hydroxylation is 1. The van der Waals surface area contributed by atoms with Crippen LogP contribution in [-0.4, -0.2) is 49.9 Å². The highest BCUT2D eigenvalue weighted by Crippen LogP contribution is 2.18. The van der Waals surface area contributed by atoms with Gasteiger partial charge in [-0.15, -0.1) is 0 Å². The first kappa shape index (κ1) is 18.0. The predicted octanol–water partition coefficient (Wildman–Crippen LogP) is 2.70. The third-order valence-corrected chi connectivity index (χ3v) is 4.82. The largest absolute Gasteiger partial charge is 0.368 e. The molecule has 136 valence electrons. The molecule has 0 radical (unpaired) electrons. The van der Waals surface area contributed by atoms with Gasteiger partial charge in [0.05, 0.1) is 0 Å². The van der Waals surface area contributed by atoms with Crippen molar-refractivity contribution in [1.82, 2.24) is 4.90 Å². The van der Waals surface area contributed by atoms with Gasteiger partial charge in [0.2, 0.25) is 11.8 Å². The van der Waals surface area contributed by atoms with E-state index >= 15 is 0 Å². The van der Waals surface area contributed by atoms with E-state index < -0.39 is 0 Å². The van der Waals surface area contributed by atoms with Crippen LogP contribution in [0.1, 0.15) is 12.0 Å². The molecule has 0 unspecified atom stereocenters. The average Bonchev–Trinajstić information content (AvgIpc) is 2.68. The molecule has 0 aliphatic carbocycles. The van der Waals surface area contributed by atoms with E-state index in [-0.39, 0.29) is 18.2 Å². The van der Waals surface area contributed by atoms with Crippen molar-refractivity contribution in [1.29, 1.82) is 0 Å². The molecule has 0 saturated carbocycles. The first-order valence-corrected chi connectivity index (χ1v) is 8.95. The van der Waals surface area contributed by atoms with E-state index in [4.69, 9.17) is 0 Å². The molecule has 0 bridgehead atoms. The first-order chi connectivity index (χ1) is 12.5. The molecule has 1 fully saturated rings. The Balaban J connectivity index is 1.53. The Morgan fingerprint density at radius 3 is 2.31 bits per heavy atom. The Morgan fingerprint density at radius 1 is 0.962 bits per heavy atom. The van der Waals surface area contributed by atoms with Crippen LogP contribution >= 0.6 is 0 Å². The number of hydrogen-bond acceptors (Lipinski definition) is 3. The van der Waals surface area contributed by atoms with Crippen molar-refractivity contribution in [3.8, 4) is 0 Å². The smallest absolute Gasteiger partial charge is 0.236 e. The maximum Gasteiger partial charge on any atom is 0.236 e. The maximum atomic E-state index is 12.5. The number of hydrogen-bond donors (Lipinski definition) is 0. The second kappa shape index (κ2) is 8.04. The molecule has 1 saturated heterocycles. The second-order valence-electron chi connectivity index (χ2n) is 6.67. The van der Waals surface area contributed by atoms with Crippen molar-refractivity contribution >= 4 is 23.2 Å². The molecule has 5 nitrogen and oxygen atoms in total. The number of piperazine rings is 1. The van der Waals surface area contributed by atoms with Gasteiger partial charge >= 0.3 is 0 Å². The lowest BCUT2D eigenvalue weighted by atomic mass is 10.2. The van der Waals surface area contributed by atoms with Crippen molar-refractivity contribution in [2.24, 2.45) is 0 Å². The predicted molar refractivity (Wildman–Crippen MR) is 104 cm³/mol. The Labute approximate surface area is 154 Å². The molecule has 0 N–H and O–H groups in total. The standard InChI is InChI=1S/C21H25N3O2/c1-17-7-6-10-19(15-17)23-11-13-24(14-12-23)21(26)16-20(25)22(2)18-8-4-3-5-9-18/h3-10,15H,11-14,16H2,1-2H3. The third kappa shape index (κ3) is 4.23. The summed E-state index contributed by atoms with van der Waals surface area (Å²) < 4.78 is 0. The summed E-state index contributed by atoms with van der Waals surface area (Å²) in [4.78, 5) is 30.5. The molecule has 1 aliphatic rings. The number of carbonyl (C=O) groups is 2. The van der Waals surface area contributed by atoms with E-state index in [0.29, 0.717) is 13.1 Å². The second-order valence-corrected chi connectivity index (χ2v) is 6.67. The lowest BCUT2D eigenvalue weighted by Gasteiger charge is -2.36. The van der Waals surface area contributed by atoms with E-state index in [0.717, 1.165) is 18.8 Å². The van der Waals surface area contributed by atoms with Crippen LogP contribution in [0.15, 0.2) is 54.6 Å². The molecule has 1 aliphatic heterocycles. The van der Waals surface area contributed by atoms with E-state index in [2.05, 4.69) is 36.1 Å². The quantitative estimate of drug-likeness (QED) is 0.796. The highest BCUT2D eigenvalue weighted by Gasteiger charge is 2.24. The average molecular weight is 351 g/mol. The fraction of sp³-hybridized carbons (Fsp3) is 0.333. The molecule has 2 aromatic rings. The van der Waals surface area contributed by atoms with E-state index in [1.807, 2.05) is 30.3 Å². The van der Waals surface area contributed by atoms with Gasteiger partial charge in [0.15, 0.2) is 0 Å². The van der Waals surface area contributed by atoms with Gasteiger partial charge in [0.25, 0.3) is 0 Å². The van der Waals surface area contributed by atoms with Gasteiger partial charge in [-0.25, -0.2) is 0 Å². The van der Waals surface area contributed by atoms with Crippen LogP contribution in [0.4, 0.5) is 11.4 Å². The van der Waals surface area contributed by atoms with Crippen LogP contribution in [0.25, 0.3) is 0 Å². The fourth-order valence-electron chi connectivity index (χ4n) is 3.19. The fourth-order valence-corrected chi connectivity index (χ4v) is 3.19. The number of para-hydroxylation sites is 1. The number of carbonyl (C=O) groups excluding carboxylic acids is 2. The van der Waals surface area contributed by atoms with Crippen LogP contribution < -0.4 is 9.80 Å². The van der Waals surface area contributed by atoms with Crippen LogP contribution in [0, 0.1) is 6.92 Å².